The van der Waals surface area contributed by atoms with Crippen molar-refractivity contribution in [2.45, 2.75) is 6.92 Å². The van der Waals surface area contributed by atoms with Crippen LogP contribution in [0.2, 0.25) is 0 Å². The maximum atomic E-state index is 11.0. The van der Waals surface area contributed by atoms with Gasteiger partial charge in [-0.3, -0.25) is 0 Å². The Kier molecular flexibility index (Phi) is 4.37. The van der Waals surface area contributed by atoms with Gasteiger partial charge in [-0.15, -0.1) is 0 Å². The number of phenolic OH excluding ortho intramolecular Hbond substituents is 1. The number of halogens is 1. The first-order valence-electron chi connectivity index (χ1n) is 4.47. The Labute approximate surface area is 96.5 Å². The predicted octanol–water partition coefficient (Wildman–Crippen LogP) is 2.73. The number of carbonyl (C=O) groups is 1. The topological polar surface area (TPSA) is 46.5 Å². The van der Waals surface area contributed by atoms with E-state index < -0.39 is 5.97 Å². The third-order valence-corrected chi connectivity index (χ3v) is 2.39. The molecule has 0 spiro atoms. The van der Waals surface area contributed by atoms with Gasteiger partial charge in [-0.1, -0.05) is 22.0 Å². The molecule has 0 amide bonds. The van der Waals surface area contributed by atoms with Crippen LogP contribution >= 0.6 is 15.9 Å². The van der Waals surface area contributed by atoms with Gasteiger partial charge in [0.2, 0.25) is 0 Å². The van der Waals surface area contributed by atoms with Crippen molar-refractivity contribution in [3.05, 3.63) is 34.3 Å². The summed E-state index contributed by atoms with van der Waals surface area (Å²) in [6.45, 7) is 2.08. The quantitative estimate of drug-likeness (QED) is 0.679. The van der Waals surface area contributed by atoms with Gasteiger partial charge in [-0.25, -0.2) is 4.79 Å². The van der Waals surface area contributed by atoms with Crippen molar-refractivity contribution in [2.75, 3.05) is 6.61 Å². The first-order valence-corrected chi connectivity index (χ1v) is 5.26. The molecule has 4 heteroatoms. The van der Waals surface area contributed by atoms with Crippen LogP contribution in [0.5, 0.6) is 5.75 Å². The summed E-state index contributed by atoms with van der Waals surface area (Å²) >= 11 is 3.27. The molecule has 1 aromatic carbocycles. The van der Waals surface area contributed by atoms with E-state index in [0.717, 1.165) is 4.47 Å². The summed E-state index contributed by atoms with van der Waals surface area (Å²) in [6, 6.07) is 5.04. The Morgan fingerprint density at radius 1 is 1.60 bits per heavy atom. The Hall–Kier alpha value is -1.29. The van der Waals surface area contributed by atoms with Gasteiger partial charge in [0.25, 0.3) is 0 Å². The molecule has 0 saturated carbocycles. The largest absolute Gasteiger partial charge is 0.507 e. The average molecular weight is 271 g/mol. The highest BCUT2D eigenvalue weighted by molar-refractivity contribution is 9.10. The molecule has 0 heterocycles. The van der Waals surface area contributed by atoms with Gasteiger partial charge < -0.3 is 9.84 Å². The fourth-order valence-electron chi connectivity index (χ4n) is 1.03. The number of carbonyl (C=O) groups excluding carboxylic acids is 1. The number of hydrogen-bond donors (Lipinski definition) is 1. The van der Waals surface area contributed by atoms with Crippen molar-refractivity contribution in [3.8, 4) is 5.75 Å². The van der Waals surface area contributed by atoms with E-state index in [1.807, 2.05) is 0 Å². The standard InChI is InChI=1S/C11H11BrO3/c1-2-15-11(14)7-6-8-9(12)4-3-5-10(8)13/h3-7,13H,2H2,1H3/b7-6+. The van der Waals surface area contributed by atoms with Gasteiger partial charge in [0.15, 0.2) is 0 Å². The minimum Gasteiger partial charge on any atom is -0.507 e. The first-order chi connectivity index (χ1) is 7.15. The summed E-state index contributed by atoms with van der Waals surface area (Å²) in [5.74, 6) is -0.308. The summed E-state index contributed by atoms with van der Waals surface area (Å²) in [5.41, 5.74) is 0.561. The summed E-state index contributed by atoms with van der Waals surface area (Å²) < 4.78 is 5.45. The highest BCUT2D eigenvalue weighted by Gasteiger charge is 2.02. The summed E-state index contributed by atoms with van der Waals surface area (Å²) in [6.07, 6.45) is 2.79. The number of aromatic hydroxyl groups is 1. The lowest BCUT2D eigenvalue weighted by atomic mass is 10.2. The Balaban J connectivity index is 2.84. The molecule has 0 radical (unpaired) electrons. The van der Waals surface area contributed by atoms with E-state index in [1.54, 1.807) is 25.1 Å². The van der Waals surface area contributed by atoms with Crippen LogP contribution in [-0.2, 0) is 9.53 Å². The number of ether oxygens (including phenoxy) is 1. The Morgan fingerprint density at radius 3 is 2.93 bits per heavy atom. The van der Waals surface area contributed by atoms with Gasteiger partial charge in [0.05, 0.1) is 6.61 Å². The van der Waals surface area contributed by atoms with Crippen molar-refractivity contribution in [1.82, 2.24) is 0 Å². The molecule has 0 atom stereocenters. The van der Waals surface area contributed by atoms with Crippen molar-refractivity contribution in [2.24, 2.45) is 0 Å². The fraction of sp³-hybridized carbons (Fsp3) is 0.182. The van der Waals surface area contributed by atoms with Gasteiger partial charge in [-0.2, -0.15) is 0 Å². The van der Waals surface area contributed by atoms with Crippen LogP contribution in [0.15, 0.2) is 28.7 Å². The number of phenols is 1. The second-order valence-electron chi connectivity index (χ2n) is 2.76. The maximum absolute atomic E-state index is 11.0. The lowest BCUT2D eigenvalue weighted by molar-refractivity contribution is -0.137. The van der Waals surface area contributed by atoms with Crippen molar-refractivity contribution in [3.63, 3.8) is 0 Å². The number of esters is 1. The highest BCUT2D eigenvalue weighted by atomic mass is 79.9. The van der Waals surface area contributed by atoms with Crippen LogP contribution in [0, 0.1) is 0 Å². The fourth-order valence-corrected chi connectivity index (χ4v) is 1.52. The minimum absolute atomic E-state index is 0.116. The molecule has 3 nitrogen and oxygen atoms in total. The SMILES string of the molecule is CCOC(=O)/C=C/c1c(O)cccc1Br. The second kappa shape index (κ2) is 5.56. The molecule has 0 aliphatic rings. The van der Waals surface area contributed by atoms with E-state index in [2.05, 4.69) is 15.9 Å². The van der Waals surface area contributed by atoms with Crippen LogP contribution in [0.4, 0.5) is 0 Å². The molecule has 80 valence electrons. The number of hydrogen-bond acceptors (Lipinski definition) is 3. The molecule has 0 bridgehead atoms. The van der Waals surface area contributed by atoms with Crippen molar-refractivity contribution in [1.29, 1.82) is 0 Å². The first kappa shape index (κ1) is 11.8. The monoisotopic (exact) mass is 270 g/mol. The highest BCUT2D eigenvalue weighted by Crippen LogP contribution is 2.26. The summed E-state index contributed by atoms with van der Waals surface area (Å²) in [5, 5.41) is 9.50. The molecule has 1 N–H and O–H groups in total. The molecule has 0 saturated heterocycles. The Morgan fingerprint density at radius 2 is 2.33 bits per heavy atom. The normalized spacial score (nSPS) is 10.5. The van der Waals surface area contributed by atoms with E-state index in [0.29, 0.717) is 12.2 Å². The molecule has 0 unspecified atom stereocenters. The van der Waals surface area contributed by atoms with Crippen LogP contribution < -0.4 is 0 Å². The molecule has 0 aliphatic carbocycles. The van der Waals surface area contributed by atoms with E-state index in [1.165, 1.54) is 12.2 Å². The van der Waals surface area contributed by atoms with Crippen LogP contribution in [0.25, 0.3) is 6.08 Å². The van der Waals surface area contributed by atoms with Crippen LogP contribution in [-0.4, -0.2) is 17.7 Å². The minimum atomic E-state index is -0.423. The van der Waals surface area contributed by atoms with Gasteiger partial charge in [-0.05, 0) is 25.1 Å². The van der Waals surface area contributed by atoms with Crippen molar-refractivity contribution >= 4 is 28.0 Å². The Bertz CT molecular complexity index is 365. The summed E-state index contributed by atoms with van der Waals surface area (Å²) in [4.78, 5) is 11.0. The van der Waals surface area contributed by atoms with E-state index in [-0.39, 0.29) is 5.75 Å². The summed E-state index contributed by atoms with van der Waals surface area (Å²) in [7, 11) is 0. The lowest BCUT2D eigenvalue weighted by Crippen LogP contribution is -1.98. The van der Waals surface area contributed by atoms with Crippen molar-refractivity contribution < 1.29 is 14.6 Å². The molecular weight excluding hydrogens is 260 g/mol. The molecule has 1 aromatic rings. The zero-order chi connectivity index (χ0) is 11.3. The van der Waals surface area contributed by atoms with Gasteiger partial charge >= 0.3 is 5.97 Å². The van der Waals surface area contributed by atoms with Crippen LogP contribution in [0.3, 0.4) is 0 Å². The second-order valence-corrected chi connectivity index (χ2v) is 3.61. The van der Waals surface area contributed by atoms with E-state index in [4.69, 9.17) is 4.74 Å². The predicted molar refractivity (Wildman–Crippen MR) is 61.5 cm³/mol. The molecule has 1 rings (SSSR count). The van der Waals surface area contributed by atoms with E-state index in [9.17, 15) is 9.90 Å². The van der Waals surface area contributed by atoms with Gasteiger partial charge in [0.1, 0.15) is 5.75 Å². The maximum Gasteiger partial charge on any atom is 0.330 e. The number of rotatable bonds is 3. The third-order valence-electron chi connectivity index (χ3n) is 1.70. The van der Waals surface area contributed by atoms with E-state index >= 15 is 0 Å². The zero-order valence-electron chi connectivity index (χ0n) is 8.24. The zero-order valence-corrected chi connectivity index (χ0v) is 9.82. The molecule has 0 aromatic heterocycles. The third kappa shape index (κ3) is 3.40. The molecule has 15 heavy (non-hydrogen) atoms. The smallest absolute Gasteiger partial charge is 0.330 e. The molecular formula is C11H11BrO3. The lowest BCUT2D eigenvalue weighted by Gasteiger charge is -2.01. The average Bonchev–Trinajstić information content (AvgIpc) is 2.17. The van der Waals surface area contributed by atoms with Crippen LogP contribution in [0.1, 0.15) is 12.5 Å². The number of benzene rings is 1. The molecule has 0 fully saturated rings. The molecule has 0 aliphatic heterocycles. The van der Waals surface area contributed by atoms with Gasteiger partial charge in [0, 0.05) is 16.1 Å².